The van der Waals surface area contributed by atoms with Gasteiger partial charge in [0.15, 0.2) is 0 Å². The predicted octanol–water partition coefficient (Wildman–Crippen LogP) is 0.494. The van der Waals surface area contributed by atoms with Crippen molar-refractivity contribution >= 4 is 18.6 Å². The number of carbonyl (C=O) groups is 1. The van der Waals surface area contributed by atoms with Gasteiger partial charge in [-0.3, -0.25) is 4.79 Å². The maximum absolute atomic E-state index is 10.8. The van der Waals surface area contributed by atoms with E-state index in [4.69, 9.17) is 4.74 Å². The minimum atomic E-state index is -0.454. The van der Waals surface area contributed by atoms with Gasteiger partial charge in [-0.1, -0.05) is 0 Å². The maximum atomic E-state index is 10.8. The predicted molar refractivity (Wildman–Crippen MR) is 41.3 cm³/mol. The average molecular weight is 164 g/mol. The third-order valence-electron chi connectivity index (χ3n) is 0.883. The molecule has 0 rings (SSSR count). The summed E-state index contributed by atoms with van der Waals surface area (Å²) in [6.45, 7) is 2.44. The molecule has 0 radical (unpaired) electrons. The molecule has 0 fully saturated rings. The monoisotopic (exact) mass is 164 g/mol. The van der Waals surface area contributed by atoms with Crippen molar-refractivity contribution in [1.82, 2.24) is 0 Å². The number of carbonyl (C=O) groups excluding carboxylic acids is 1. The van der Waals surface area contributed by atoms with E-state index < -0.39 is 5.25 Å². The molecule has 1 atom stereocenters. The molecule has 10 heavy (non-hydrogen) atoms. The van der Waals surface area contributed by atoms with Gasteiger partial charge < -0.3 is 9.47 Å². The zero-order valence-electron chi connectivity index (χ0n) is 6.16. The minimum Gasteiger partial charge on any atom is -0.465 e. The summed E-state index contributed by atoms with van der Waals surface area (Å²) in [4.78, 5) is 10.8. The van der Waals surface area contributed by atoms with E-state index in [0.29, 0.717) is 13.2 Å². The molecule has 1 unspecified atom stereocenters. The summed E-state index contributed by atoms with van der Waals surface area (Å²) in [5.74, 6) is -0.326. The lowest BCUT2D eigenvalue weighted by Gasteiger charge is -2.07. The van der Waals surface area contributed by atoms with Crippen LogP contribution in [0.25, 0.3) is 0 Å². The third kappa shape index (κ3) is 3.74. The molecule has 0 heterocycles. The van der Waals surface area contributed by atoms with E-state index in [0.717, 1.165) is 0 Å². The second kappa shape index (κ2) is 5.56. The summed E-state index contributed by atoms with van der Waals surface area (Å²) in [5.41, 5.74) is 0. The SMILES string of the molecule is CCOC(=O)C(S)COC. The second-order valence-corrected chi connectivity index (χ2v) is 2.35. The first kappa shape index (κ1) is 9.78. The number of ether oxygens (including phenoxy) is 2. The molecular formula is C6H12O3S. The van der Waals surface area contributed by atoms with Crippen molar-refractivity contribution in [3.05, 3.63) is 0 Å². The summed E-state index contributed by atoms with van der Waals surface area (Å²) in [6.07, 6.45) is 0. The van der Waals surface area contributed by atoms with Crippen LogP contribution in [0.1, 0.15) is 6.92 Å². The van der Waals surface area contributed by atoms with Gasteiger partial charge >= 0.3 is 5.97 Å². The fourth-order valence-corrected chi connectivity index (χ4v) is 0.688. The van der Waals surface area contributed by atoms with E-state index in [1.54, 1.807) is 6.92 Å². The average Bonchev–Trinajstić information content (AvgIpc) is 1.89. The normalized spacial score (nSPS) is 12.7. The van der Waals surface area contributed by atoms with Crippen molar-refractivity contribution in [1.29, 1.82) is 0 Å². The Hall–Kier alpha value is -0.220. The highest BCUT2D eigenvalue weighted by molar-refractivity contribution is 7.81. The number of rotatable bonds is 4. The van der Waals surface area contributed by atoms with E-state index in [1.807, 2.05) is 0 Å². The van der Waals surface area contributed by atoms with Crippen molar-refractivity contribution < 1.29 is 14.3 Å². The molecule has 0 N–H and O–H groups in total. The molecule has 0 aliphatic rings. The number of esters is 1. The molecule has 4 heteroatoms. The molecule has 0 amide bonds. The Morgan fingerprint density at radius 1 is 1.70 bits per heavy atom. The van der Waals surface area contributed by atoms with Crippen LogP contribution in [0.4, 0.5) is 0 Å². The van der Waals surface area contributed by atoms with Crippen molar-refractivity contribution in [2.75, 3.05) is 20.3 Å². The molecule has 0 aliphatic carbocycles. The molecule has 0 saturated heterocycles. The number of thiol groups is 1. The molecular weight excluding hydrogens is 152 g/mol. The van der Waals surface area contributed by atoms with Crippen LogP contribution in [-0.2, 0) is 14.3 Å². The van der Waals surface area contributed by atoms with Gasteiger partial charge in [-0.05, 0) is 6.92 Å². The highest BCUT2D eigenvalue weighted by Crippen LogP contribution is 1.97. The van der Waals surface area contributed by atoms with Crippen LogP contribution in [0.5, 0.6) is 0 Å². The summed E-state index contributed by atoms with van der Waals surface area (Å²) >= 11 is 3.94. The van der Waals surface area contributed by atoms with E-state index in [1.165, 1.54) is 7.11 Å². The van der Waals surface area contributed by atoms with Crippen LogP contribution in [0, 0.1) is 0 Å². The van der Waals surface area contributed by atoms with Crippen molar-refractivity contribution in [3.8, 4) is 0 Å². The van der Waals surface area contributed by atoms with Crippen LogP contribution < -0.4 is 0 Å². The summed E-state index contributed by atoms with van der Waals surface area (Å²) in [7, 11) is 1.52. The van der Waals surface area contributed by atoms with E-state index in [-0.39, 0.29) is 5.97 Å². The molecule has 3 nitrogen and oxygen atoms in total. The van der Waals surface area contributed by atoms with Crippen LogP contribution in [0.3, 0.4) is 0 Å². The van der Waals surface area contributed by atoms with Gasteiger partial charge in [0, 0.05) is 7.11 Å². The molecule has 0 aromatic heterocycles. The number of methoxy groups -OCH3 is 1. The smallest absolute Gasteiger partial charge is 0.321 e. The van der Waals surface area contributed by atoms with Gasteiger partial charge in [0.25, 0.3) is 0 Å². The highest BCUT2D eigenvalue weighted by atomic mass is 32.1. The number of hydrogen-bond donors (Lipinski definition) is 1. The zero-order chi connectivity index (χ0) is 7.98. The first-order valence-corrected chi connectivity index (χ1v) is 3.57. The second-order valence-electron chi connectivity index (χ2n) is 1.72. The first-order chi connectivity index (χ1) is 4.72. The summed E-state index contributed by atoms with van der Waals surface area (Å²) in [5, 5.41) is -0.454. The molecule has 0 bridgehead atoms. The summed E-state index contributed by atoms with van der Waals surface area (Å²) in [6, 6.07) is 0. The molecule has 0 saturated carbocycles. The quantitative estimate of drug-likeness (QED) is 0.485. The van der Waals surface area contributed by atoms with Gasteiger partial charge in [-0.15, -0.1) is 0 Å². The van der Waals surface area contributed by atoms with Gasteiger partial charge in [-0.2, -0.15) is 12.6 Å². The Labute approximate surface area is 66.1 Å². The molecule has 60 valence electrons. The topological polar surface area (TPSA) is 35.5 Å². The number of hydrogen-bond acceptors (Lipinski definition) is 4. The Kier molecular flexibility index (Phi) is 5.43. The van der Waals surface area contributed by atoms with Gasteiger partial charge in [0.05, 0.1) is 13.2 Å². The lowest BCUT2D eigenvalue weighted by molar-refractivity contribution is -0.143. The van der Waals surface area contributed by atoms with Gasteiger partial charge in [-0.25, -0.2) is 0 Å². The van der Waals surface area contributed by atoms with Crippen LogP contribution >= 0.6 is 12.6 Å². The van der Waals surface area contributed by atoms with E-state index >= 15 is 0 Å². The third-order valence-corrected chi connectivity index (χ3v) is 1.24. The Morgan fingerprint density at radius 2 is 2.30 bits per heavy atom. The fraction of sp³-hybridized carbons (Fsp3) is 0.833. The molecule has 0 spiro atoms. The Balaban J connectivity index is 3.49. The highest BCUT2D eigenvalue weighted by Gasteiger charge is 2.13. The minimum absolute atomic E-state index is 0.294. The van der Waals surface area contributed by atoms with Crippen LogP contribution in [0.2, 0.25) is 0 Å². The fourth-order valence-electron chi connectivity index (χ4n) is 0.464. The standard InChI is InChI=1S/C6H12O3S/c1-3-9-6(7)5(10)4-8-2/h5,10H,3-4H2,1-2H3. The van der Waals surface area contributed by atoms with Crippen LogP contribution in [0.15, 0.2) is 0 Å². The van der Waals surface area contributed by atoms with Gasteiger partial charge in [0.1, 0.15) is 5.25 Å². The lowest BCUT2D eigenvalue weighted by atomic mass is 10.4. The van der Waals surface area contributed by atoms with Crippen molar-refractivity contribution in [2.45, 2.75) is 12.2 Å². The van der Waals surface area contributed by atoms with Crippen LogP contribution in [-0.4, -0.2) is 31.5 Å². The Bertz CT molecular complexity index is 105. The van der Waals surface area contributed by atoms with E-state index in [9.17, 15) is 4.79 Å². The summed E-state index contributed by atoms with van der Waals surface area (Å²) < 4.78 is 9.35. The lowest BCUT2D eigenvalue weighted by Crippen LogP contribution is -2.22. The zero-order valence-corrected chi connectivity index (χ0v) is 7.06. The maximum Gasteiger partial charge on any atom is 0.321 e. The largest absolute Gasteiger partial charge is 0.465 e. The van der Waals surface area contributed by atoms with Crippen molar-refractivity contribution in [3.63, 3.8) is 0 Å². The van der Waals surface area contributed by atoms with Crippen molar-refractivity contribution in [2.24, 2.45) is 0 Å². The van der Waals surface area contributed by atoms with Gasteiger partial charge in [0.2, 0.25) is 0 Å². The molecule has 0 aliphatic heterocycles. The first-order valence-electron chi connectivity index (χ1n) is 3.06. The molecule has 0 aromatic rings. The Morgan fingerprint density at radius 3 is 2.70 bits per heavy atom. The van der Waals surface area contributed by atoms with E-state index in [2.05, 4.69) is 17.4 Å². The molecule has 0 aromatic carbocycles.